The Hall–Kier alpha value is -1.50. The van der Waals surface area contributed by atoms with Crippen molar-refractivity contribution in [2.45, 2.75) is 25.3 Å². The number of aromatic nitrogens is 2. The third-order valence-corrected chi connectivity index (χ3v) is 2.93. The van der Waals surface area contributed by atoms with E-state index in [0.717, 1.165) is 32.5 Å². The van der Waals surface area contributed by atoms with Crippen molar-refractivity contribution in [1.29, 1.82) is 0 Å². The monoisotopic (exact) mass is 258 g/mol. The second-order valence-corrected chi connectivity index (χ2v) is 4.25. The standard InChI is InChI=1S/C11H16F2N4O/c1-2-5-17-6-3-8(4-7-17)14-11-16-15-10(18-11)9(12)13/h2,8-9H,1,3-7H2,(H,14,16). The van der Waals surface area contributed by atoms with Crippen LogP contribution in [0.3, 0.4) is 0 Å². The molecule has 18 heavy (non-hydrogen) atoms. The van der Waals surface area contributed by atoms with Crippen molar-refractivity contribution >= 4 is 6.01 Å². The number of anilines is 1. The van der Waals surface area contributed by atoms with Gasteiger partial charge in [0.1, 0.15) is 0 Å². The Morgan fingerprint density at radius 3 is 2.72 bits per heavy atom. The number of halogens is 2. The number of hydrogen-bond acceptors (Lipinski definition) is 5. The van der Waals surface area contributed by atoms with Gasteiger partial charge in [0.25, 0.3) is 5.89 Å². The molecule has 1 aliphatic rings. The number of nitrogens with zero attached hydrogens (tertiary/aromatic N) is 3. The Morgan fingerprint density at radius 2 is 2.17 bits per heavy atom. The summed E-state index contributed by atoms with van der Waals surface area (Å²) in [6.45, 7) is 6.46. The maximum atomic E-state index is 12.3. The molecule has 7 heteroatoms. The molecule has 1 aromatic rings. The van der Waals surface area contributed by atoms with E-state index in [4.69, 9.17) is 4.42 Å². The molecule has 0 aliphatic carbocycles. The van der Waals surface area contributed by atoms with Crippen molar-refractivity contribution < 1.29 is 13.2 Å². The van der Waals surface area contributed by atoms with Gasteiger partial charge in [-0.05, 0) is 12.8 Å². The van der Waals surface area contributed by atoms with Crippen molar-refractivity contribution in [2.75, 3.05) is 25.0 Å². The number of piperidine rings is 1. The van der Waals surface area contributed by atoms with Crippen LogP contribution in [0.4, 0.5) is 14.8 Å². The third kappa shape index (κ3) is 3.25. The van der Waals surface area contributed by atoms with Crippen molar-refractivity contribution in [1.82, 2.24) is 15.1 Å². The summed E-state index contributed by atoms with van der Waals surface area (Å²) in [5, 5.41) is 9.81. The van der Waals surface area contributed by atoms with Gasteiger partial charge < -0.3 is 9.73 Å². The molecule has 0 unspecified atom stereocenters. The van der Waals surface area contributed by atoms with Crippen LogP contribution in [0.1, 0.15) is 25.2 Å². The van der Waals surface area contributed by atoms with Crippen LogP contribution in [-0.4, -0.2) is 40.8 Å². The van der Waals surface area contributed by atoms with E-state index in [2.05, 4.69) is 27.0 Å². The SMILES string of the molecule is C=CCN1CCC(Nc2nnc(C(F)F)o2)CC1. The predicted octanol–water partition coefficient (Wildman–Crippen LogP) is 2.07. The van der Waals surface area contributed by atoms with Crippen LogP contribution >= 0.6 is 0 Å². The van der Waals surface area contributed by atoms with Gasteiger partial charge >= 0.3 is 12.4 Å². The molecule has 1 fully saturated rings. The molecular weight excluding hydrogens is 242 g/mol. The Kier molecular flexibility index (Phi) is 4.24. The zero-order valence-corrected chi connectivity index (χ0v) is 9.98. The highest BCUT2D eigenvalue weighted by molar-refractivity contribution is 5.20. The molecule has 0 saturated carbocycles. The molecule has 0 bridgehead atoms. The minimum Gasteiger partial charge on any atom is -0.402 e. The van der Waals surface area contributed by atoms with E-state index in [-0.39, 0.29) is 12.1 Å². The zero-order chi connectivity index (χ0) is 13.0. The molecule has 1 aromatic heterocycles. The minimum absolute atomic E-state index is 0.0764. The molecule has 0 radical (unpaired) electrons. The first kappa shape index (κ1) is 12.9. The van der Waals surface area contributed by atoms with E-state index in [1.165, 1.54) is 0 Å². The molecule has 0 amide bonds. The van der Waals surface area contributed by atoms with Gasteiger partial charge in [0, 0.05) is 25.7 Å². The summed E-state index contributed by atoms with van der Waals surface area (Å²) in [5.74, 6) is -0.637. The third-order valence-electron chi connectivity index (χ3n) is 2.93. The molecule has 0 aromatic carbocycles. The molecular formula is C11H16F2N4O. The second-order valence-electron chi connectivity index (χ2n) is 4.25. The lowest BCUT2D eigenvalue weighted by atomic mass is 10.1. The maximum Gasteiger partial charge on any atom is 0.315 e. The summed E-state index contributed by atoms with van der Waals surface area (Å²) in [7, 11) is 0. The Morgan fingerprint density at radius 1 is 1.44 bits per heavy atom. The highest BCUT2D eigenvalue weighted by atomic mass is 19.3. The van der Waals surface area contributed by atoms with Crippen LogP contribution in [0, 0.1) is 0 Å². The lowest BCUT2D eigenvalue weighted by Gasteiger charge is -2.30. The first-order chi connectivity index (χ1) is 8.69. The van der Waals surface area contributed by atoms with Crippen molar-refractivity contribution in [2.24, 2.45) is 0 Å². The van der Waals surface area contributed by atoms with Gasteiger partial charge in [-0.1, -0.05) is 11.2 Å². The highest BCUT2D eigenvalue weighted by Gasteiger charge is 2.21. The van der Waals surface area contributed by atoms with Crippen molar-refractivity contribution in [3.63, 3.8) is 0 Å². The Labute approximate surface area is 104 Å². The van der Waals surface area contributed by atoms with Gasteiger partial charge in [-0.3, -0.25) is 4.90 Å². The number of likely N-dealkylation sites (tertiary alicyclic amines) is 1. The van der Waals surface area contributed by atoms with E-state index < -0.39 is 12.3 Å². The summed E-state index contributed by atoms with van der Waals surface area (Å²) >= 11 is 0. The average Bonchev–Trinajstić information content (AvgIpc) is 2.81. The quantitative estimate of drug-likeness (QED) is 0.819. The number of nitrogens with one attached hydrogen (secondary N) is 1. The number of hydrogen-bond donors (Lipinski definition) is 1. The van der Waals surface area contributed by atoms with Crippen LogP contribution in [0.15, 0.2) is 17.1 Å². The smallest absolute Gasteiger partial charge is 0.315 e. The van der Waals surface area contributed by atoms with Crippen LogP contribution in [0.5, 0.6) is 0 Å². The normalized spacial score (nSPS) is 18.2. The van der Waals surface area contributed by atoms with Crippen molar-refractivity contribution in [3.05, 3.63) is 18.5 Å². The van der Waals surface area contributed by atoms with Gasteiger partial charge in [0.15, 0.2) is 0 Å². The molecule has 0 spiro atoms. The van der Waals surface area contributed by atoms with E-state index in [9.17, 15) is 8.78 Å². The largest absolute Gasteiger partial charge is 0.402 e. The minimum atomic E-state index is -2.72. The van der Waals surface area contributed by atoms with Gasteiger partial charge in [-0.25, -0.2) is 0 Å². The predicted molar refractivity (Wildman–Crippen MR) is 62.5 cm³/mol. The van der Waals surface area contributed by atoms with E-state index in [1.54, 1.807) is 0 Å². The summed E-state index contributed by atoms with van der Waals surface area (Å²) < 4.78 is 29.3. The van der Waals surface area contributed by atoms with E-state index in [1.807, 2.05) is 6.08 Å². The van der Waals surface area contributed by atoms with E-state index in [0.29, 0.717) is 0 Å². The Balaban J connectivity index is 1.81. The van der Waals surface area contributed by atoms with Crippen LogP contribution in [0.25, 0.3) is 0 Å². The molecule has 2 heterocycles. The molecule has 100 valence electrons. The molecule has 1 aliphatic heterocycles. The molecule has 1 N–H and O–H groups in total. The highest BCUT2D eigenvalue weighted by Crippen LogP contribution is 2.20. The van der Waals surface area contributed by atoms with Crippen molar-refractivity contribution in [3.8, 4) is 0 Å². The zero-order valence-electron chi connectivity index (χ0n) is 9.98. The topological polar surface area (TPSA) is 54.2 Å². The van der Waals surface area contributed by atoms with E-state index >= 15 is 0 Å². The Bertz CT molecular complexity index is 388. The molecule has 5 nitrogen and oxygen atoms in total. The van der Waals surface area contributed by atoms with Gasteiger partial charge in [0.05, 0.1) is 0 Å². The average molecular weight is 258 g/mol. The summed E-state index contributed by atoms with van der Waals surface area (Å²) in [6.07, 6.45) is 0.990. The molecule has 0 atom stereocenters. The fourth-order valence-corrected chi connectivity index (χ4v) is 2.00. The molecule has 2 rings (SSSR count). The summed E-state index contributed by atoms with van der Waals surface area (Å²) in [6, 6.07) is 0.268. The number of rotatable bonds is 5. The fraction of sp³-hybridized carbons (Fsp3) is 0.636. The summed E-state index contributed by atoms with van der Waals surface area (Å²) in [5.41, 5.74) is 0. The summed E-state index contributed by atoms with van der Waals surface area (Å²) in [4.78, 5) is 2.28. The maximum absolute atomic E-state index is 12.3. The van der Waals surface area contributed by atoms with Gasteiger partial charge in [-0.15, -0.1) is 11.7 Å². The first-order valence-corrected chi connectivity index (χ1v) is 5.90. The van der Waals surface area contributed by atoms with Gasteiger partial charge in [-0.2, -0.15) is 8.78 Å². The van der Waals surface area contributed by atoms with Crippen LogP contribution < -0.4 is 5.32 Å². The lowest BCUT2D eigenvalue weighted by Crippen LogP contribution is -2.39. The fourth-order valence-electron chi connectivity index (χ4n) is 2.00. The number of alkyl halides is 2. The lowest BCUT2D eigenvalue weighted by molar-refractivity contribution is 0.116. The van der Waals surface area contributed by atoms with Gasteiger partial charge in [0.2, 0.25) is 0 Å². The molecule has 1 saturated heterocycles. The first-order valence-electron chi connectivity index (χ1n) is 5.90. The van der Waals surface area contributed by atoms with Crippen LogP contribution in [-0.2, 0) is 0 Å². The van der Waals surface area contributed by atoms with Crippen LogP contribution in [0.2, 0.25) is 0 Å². The second kappa shape index (κ2) is 5.90.